The van der Waals surface area contributed by atoms with Gasteiger partial charge in [-0.25, -0.2) is 9.67 Å². The Morgan fingerprint density at radius 3 is 3.07 bits per heavy atom. The van der Waals surface area contributed by atoms with Gasteiger partial charge in [0, 0.05) is 6.04 Å². The third-order valence-corrected chi connectivity index (χ3v) is 1.96. The van der Waals surface area contributed by atoms with Crippen molar-refractivity contribution in [1.82, 2.24) is 20.1 Å². The third kappa shape index (κ3) is 3.38. The molecule has 1 atom stereocenters. The van der Waals surface area contributed by atoms with E-state index in [1.165, 1.54) is 11.0 Å². The van der Waals surface area contributed by atoms with Crippen molar-refractivity contribution in [3.05, 3.63) is 12.2 Å². The predicted molar refractivity (Wildman–Crippen MR) is 52.6 cm³/mol. The van der Waals surface area contributed by atoms with Crippen LogP contribution in [0.5, 0.6) is 0 Å². The van der Waals surface area contributed by atoms with Crippen molar-refractivity contribution < 1.29 is 4.79 Å². The first-order chi connectivity index (χ1) is 7.15. The Morgan fingerprint density at radius 1 is 1.80 bits per heavy atom. The number of aromatic nitrogens is 3. The van der Waals surface area contributed by atoms with Crippen molar-refractivity contribution in [2.45, 2.75) is 32.9 Å². The summed E-state index contributed by atoms with van der Waals surface area (Å²) >= 11 is 0. The molecule has 1 aromatic heterocycles. The summed E-state index contributed by atoms with van der Waals surface area (Å²) in [5.41, 5.74) is 0. The van der Waals surface area contributed by atoms with Crippen molar-refractivity contribution in [2.75, 3.05) is 0 Å². The number of nitriles is 1. The molecule has 80 valence electrons. The highest BCUT2D eigenvalue weighted by Gasteiger charge is 2.07. The summed E-state index contributed by atoms with van der Waals surface area (Å²) in [5, 5.41) is 15.1. The third-order valence-electron chi connectivity index (χ3n) is 1.96. The molecule has 0 aromatic carbocycles. The Morgan fingerprint density at radius 2 is 2.53 bits per heavy atom. The van der Waals surface area contributed by atoms with Crippen LogP contribution in [0.2, 0.25) is 0 Å². The highest BCUT2D eigenvalue weighted by Crippen LogP contribution is 1.90. The molecule has 0 fully saturated rings. The highest BCUT2D eigenvalue weighted by molar-refractivity contribution is 5.75. The summed E-state index contributed by atoms with van der Waals surface area (Å²) in [6.45, 7) is 4.02. The number of amides is 1. The summed E-state index contributed by atoms with van der Waals surface area (Å²) in [7, 11) is 0. The molecule has 1 rings (SSSR count). The van der Waals surface area contributed by atoms with Gasteiger partial charge in [-0.15, -0.1) is 5.10 Å². The first-order valence-corrected chi connectivity index (χ1v) is 4.74. The molecule has 0 spiro atoms. The lowest BCUT2D eigenvalue weighted by atomic mass is 10.2. The Hall–Kier alpha value is -1.90. The summed E-state index contributed by atoms with van der Waals surface area (Å²) in [6.07, 6.45) is 2.25. The summed E-state index contributed by atoms with van der Waals surface area (Å²) in [5.74, 6) is -0.0509. The standard InChI is InChI=1S/C9H13N5O/c1-3-7(2)12-9(15)5-14-6-11-8(4-10)13-14/h6-7H,3,5H2,1-2H3,(H,12,15)/t7-/m1/s1. The van der Waals surface area contributed by atoms with Gasteiger partial charge < -0.3 is 5.32 Å². The van der Waals surface area contributed by atoms with Crippen LogP contribution in [0.4, 0.5) is 0 Å². The molecule has 0 aliphatic heterocycles. The largest absolute Gasteiger partial charge is 0.352 e. The molecular weight excluding hydrogens is 194 g/mol. The minimum absolute atomic E-state index is 0.0753. The van der Waals surface area contributed by atoms with E-state index in [-0.39, 0.29) is 24.3 Å². The fraction of sp³-hybridized carbons (Fsp3) is 0.556. The van der Waals surface area contributed by atoms with Crippen LogP contribution in [0.15, 0.2) is 6.33 Å². The van der Waals surface area contributed by atoms with Gasteiger partial charge in [0.25, 0.3) is 5.82 Å². The Labute approximate surface area is 87.9 Å². The minimum atomic E-state index is -0.126. The molecule has 0 radical (unpaired) electrons. The average Bonchev–Trinajstić information content (AvgIpc) is 2.65. The molecule has 1 aromatic rings. The van der Waals surface area contributed by atoms with E-state index in [0.717, 1.165) is 6.42 Å². The van der Waals surface area contributed by atoms with Crippen LogP contribution in [0.3, 0.4) is 0 Å². The van der Waals surface area contributed by atoms with Gasteiger partial charge in [0.15, 0.2) is 0 Å². The van der Waals surface area contributed by atoms with E-state index < -0.39 is 0 Å². The van der Waals surface area contributed by atoms with Crippen LogP contribution >= 0.6 is 0 Å². The second-order valence-electron chi connectivity index (χ2n) is 3.25. The maximum Gasteiger partial charge on any atom is 0.252 e. The number of carbonyl (C=O) groups excluding carboxylic acids is 1. The average molecular weight is 207 g/mol. The zero-order chi connectivity index (χ0) is 11.3. The fourth-order valence-corrected chi connectivity index (χ4v) is 0.992. The lowest BCUT2D eigenvalue weighted by molar-refractivity contribution is -0.122. The molecule has 0 unspecified atom stereocenters. The van der Waals surface area contributed by atoms with E-state index in [4.69, 9.17) is 5.26 Å². The van der Waals surface area contributed by atoms with Crippen molar-refractivity contribution in [1.29, 1.82) is 5.26 Å². The number of hydrogen-bond donors (Lipinski definition) is 1. The summed E-state index contributed by atoms with van der Waals surface area (Å²) in [4.78, 5) is 15.1. The van der Waals surface area contributed by atoms with Gasteiger partial charge in [0.05, 0.1) is 0 Å². The van der Waals surface area contributed by atoms with Gasteiger partial charge >= 0.3 is 0 Å². The van der Waals surface area contributed by atoms with Gasteiger partial charge in [-0.05, 0) is 13.3 Å². The molecule has 0 bridgehead atoms. The van der Waals surface area contributed by atoms with E-state index in [0.29, 0.717) is 0 Å². The maximum atomic E-state index is 11.4. The number of rotatable bonds is 4. The van der Waals surface area contributed by atoms with Crippen LogP contribution in [0, 0.1) is 11.3 Å². The smallest absolute Gasteiger partial charge is 0.252 e. The maximum absolute atomic E-state index is 11.4. The van der Waals surface area contributed by atoms with Gasteiger partial charge in [0.2, 0.25) is 5.91 Å². The van der Waals surface area contributed by atoms with E-state index in [1.807, 2.05) is 13.8 Å². The SMILES string of the molecule is CC[C@@H](C)NC(=O)Cn1cnc(C#N)n1. The van der Waals surface area contributed by atoms with Gasteiger partial charge in [0.1, 0.15) is 18.9 Å². The van der Waals surface area contributed by atoms with Crippen LogP contribution in [0.25, 0.3) is 0 Å². The molecule has 0 aliphatic carbocycles. The zero-order valence-electron chi connectivity index (χ0n) is 8.77. The first kappa shape index (κ1) is 11.2. The second kappa shape index (κ2) is 5.10. The van der Waals surface area contributed by atoms with Crippen LogP contribution in [-0.2, 0) is 11.3 Å². The Kier molecular flexibility index (Phi) is 3.80. The molecule has 6 nitrogen and oxygen atoms in total. The fourth-order valence-electron chi connectivity index (χ4n) is 0.992. The van der Waals surface area contributed by atoms with Crippen LogP contribution in [0.1, 0.15) is 26.1 Å². The molecular formula is C9H13N5O. The molecule has 15 heavy (non-hydrogen) atoms. The van der Waals surface area contributed by atoms with E-state index in [1.54, 1.807) is 6.07 Å². The monoisotopic (exact) mass is 207 g/mol. The zero-order valence-corrected chi connectivity index (χ0v) is 8.77. The number of nitrogens with one attached hydrogen (secondary N) is 1. The number of hydrogen-bond acceptors (Lipinski definition) is 4. The van der Waals surface area contributed by atoms with Gasteiger partial charge in [-0.1, -0.05) is 6.92 Å². The molecule has 6 heteroatoms. The van der Waals surface area contributed by atoms with Crippen LogP contribution in [-0.4, -0.2) is 26.7 Å². The topological polar surface area (TPSA) is 83.6 Å². The lowest BCUT2D eigenvalue weighted by Gasteiger charge is -2.10. The van der Waals surface area contributed by atoms with Crippen molar-refractivity contribution >= 4 is 5.91 Å². The molecule has 1 amide bonds. The number of carbonyl (C=O) groups is 1. The van der Waals surface area contributed by atoms with E-state index in [2.05, 4.69) is 15.4 Å². The summed E-state index contributed by atoms with van der Waals surface area (Å²) < 4.78 is 1.34. The Balaban J connectivity index is 2.48. The molecule has 1 N–H and O–H groups in total. The quantitative estimate of drug-likeness (QED) is 0.757. The van der Waals surface area contributed by atoms with Gasteiger partial charge in [-0.2, -0.15) is 5.26 Å². The van der Waals surface area contributed by atoms with Crippen molar-refractivity contribution in [3.63, 3.8) is 0 Å². The van der Waals surface area contributed by atoms with E-state index >= 15 is 0 Å². The molecule has 0 aliphatic rings. The summed E-state index contributed by atoms with van der Waals surface area (Å²) in [6, 6.07) is 1.95. The minimum Gasteiger partial charge on any atom is -0.352 e. The lowest BCUT2D eigenvalue weighted by Crippen LogP contribution is -2.34. The normalized spacial score (nSPS) is 11.8. The molecule has 0 saturated heterocycles. The molecule has 0 saturated carbocycles. The van der Waals surface area contributed by atoms with Crippen LogP contribution < -0.4 is 5.32 Å². The number of nitrogens with zero attached hydrogens (tertiary/aromatic N) is 4. The highest BCUT2D eigenvalue weighted by atomic mass is 16.2. The van der Waals surface area contributed by atoms with Crippen molar-refractivity contribution in [2.24, 2.45) is 0 Å². The first-order valence-electron chi connectivity index (χ1n) is 4.74. The Bertz CT molecular complexity index is 378. The van der Waals surface area contributed by atoms with E-state index in [9.17, 15) is 4.79 Å². The predicted octanol–water partition coefficient (Wildman–Crippen LogP) is 0.0645. The van der Waals surface area contributed by atoms with Crippen molar-refractivity contribution in [3.8, 4) is 6.07 Å². The molecule has 1 heterocycles. The van der Waals surface area contributed by atoms with Gasteiger partial charge in [-0.3, -0.25) is 4.79 Å². The second-order valence-corrected chi connectivity index (χ2v) is 3.25.